The summed E-state index contributed by atoms with van der Waals surface area (Å²) in [7, 11) is 0. The van der Waals surface area contributed by atoms with E-state index >= 15 is 0 Å². The summed E-state index contributed by atoms with van der Waals surface area (Å²) in [5.41, 5.74) is 10.7. The molecule has 2 aromatic rings. The number of rotatable bonds is 3. The summed E-state index contributed by atoms with van der Waals surface area (Å²) in [5, 5.41) is 1.66. The smallest absolute Gasteiger partial charge is 0.122 e. The molecule has 0 saturated heterocycles. The summed E-state index contributed by atoms with van der Waals surface area (Å²) >= 11 is 6.03. The number of aromatic nitrogens is 1. The van der Waals surface area contributed by atoms with Crippen molar-refractivity contribution in [1.29, 1.82) is 0 Å². The minimum Gasteiger partial charge on any atom is -0.307 e. The van der Waals surface area contributed by atoms with Gasteiger partial charge in [0.25, 0.3) is 0 Å². The number of nitrogens with two attached hydrogens (primary N) is 1. The number of pyridine rings is 1. The number of aryl methyl sites for hydroxylation is 1. The van der Waals surface area contributed by atoms with Gasteiger partial charge in [-0.25, -0.2) is 0 Å². The molecule has 3 N–H and O–H groups in total. The van der Waals surface area contributed by atoms with Crippen LogP contribution in [-0.4, -0.2) is 11.7 Å². The number of fused-ring (bicyclic) bond motifs is 1. The standard InChI is InChI=1S/C11H12ClN3O/c1-7-9(12)3-2-8-10(15-16-6-13)4-5-14-11(7)8/h2-5H,6,13H2,1H3,(H,14,15). The minimum atomic E-state index is 0.108. The van der Waals surface area contributed by atoms with E-state index in [4.69, 9.17) is 22.2 Å². The van der Waals surface area contributed by atoms with E-state index in [1.54, 1.807) is 6.20 Å². The molecule has 0 unspecified atom stereocenters. The van der Waals surface area contributed by atoms with E-state index in [9.17, 15) is 0 Å². The average Bonchev–Trinajstić information content (AvgIpc) is 2.31. The number of anilines is 1. The summed E-state index contributed by atoms with van der Waals surface area (Å²) in [6.07, 6.45) is 1.70. The van der Waals surface area contributed by atoms with Gasteiger partial charge in [0.15, 0.2) is 0 Å². The molecule has 0 radical (unpaired) electrons. The molecule has 4 nitrogen and oxygen atoms in total. The van der Waals surface area contributed by atoms with Crippen LogP contribution in [0.2, 0.25) is 5.02 Å². The van der Waals surface area contributed by atoms with Crippen molar-refractivity contribution < 1.29 is 4.84 Å². The second kappa shape index (κ2) is 4.65. The van der Waals surface area contributed by atoms with Crippen molar-refractivity contribution in [3.63, 3.8) is 0 Å². The Morgan fingerprint density at radius 1 is 1.44 bits per heavy atom. The van der Waals surface area contributed by atoms with Crippen LogP contribution in [0.15, 0.2) is 24.4 Å². The second-order valence-corrected chi connectivity index (χ2v) is 3.75. The van der Waals surface area contributed by atoms with Crippen molar-refractivity contribution >= 4 is 28.2 Å². The van der Waals surface area contributed by atoms with E-state index in [-0.39, 0.29) is 6.73 Å². The van der Waals surface area contributed by atoms with Gasteiger partial charge in [-0.2, -0.15) is 0 Å². The van der Waals surface area contributed by atoms with Crippen LogP contribution >= 0.6 is 11.6 Å². The van der Waals surface area contributed by atoms with E-state index in [0.717, 1.165) is 22.2 Å². The highest BCUT2D eigenvalue weighted by Crippen LogP contribution is 2.28. The lowest BCUT2D eigenvalue weighted by Gasteiger charge is -2.10. The zero-order valence-electron chi connectivity index (χ0n) is 8.83. The Kier molecular flexibility index (Phi) is 3.24. The number of hydrogen-bond donors (Lipinski definition) is 2. The van der Waals surface area contributed by atoms with E-state index in [1.807, 2.05) is 25.1 Å². The van der Waals surface area contributed by atoms with Gasteiger partial charge in [-0.15, -0.1) is 0 Å². The fourth-order valence-corrected chi connectivity index (χ4v) is 1.70. The molecule has 0 spiro atoms. The predicted molar refractivity (Wildman–Crippen MR) is 65.3 cm³/mol. The molecule has 1 aromatic carbocycles. The van der Waals surface area contributed by atoms with Gasteiger partial charge in [0.2, 0.25) is 0 Å². The molecular formula is C11H12ClN3O. The van der Waals surface area contributed by atoms with Crippen molar-refractivity contribution in [3.05, 3.63) is 35.0 Å². The third kappa shape index (κ3) is 1.95. The zero-order chi connectivity index (χ0) is 11.5. The van der Waals surface area contributed by atoms with Gasteiger partial charge >= 0.3 is 0 Å². The van der Waals surface area contributed by atoms with Gasteiger partial charge in [0, 0.05) is 16.6 Å². The fraction of sp³-hybridized carbons (Fsp3) is 0.182. The summed E-state index contributed by atoms with van der Waals surface area (Å²) in [4.78, 5) is 9.26. The molecule has 0 atom stereocenters. The largest absolute Gasteiger partial charge is 0.307 e. The van der Waals surface area contributed by atoms with Crippen LogP contribution in [-0.2, 0) is 4.84 Å². The van der Waals surface area contributed by atoms with Crippen LogP contribution in [0.1, 0.15) is 5.56 Å². The van der Waals surface area contributed by atoms with Crippen LogP contribution in [0.4, 0.5) is 5.69 Å². The Balaban J connectivity index is 2.56. The first-order chi connectivity index (χ1) is 7.74. The second-order valence-electron chi connectivity index (χ2n) is 3.34. The maximum Gasteiger partial charge on any atom is 0.122 e. The third-order valence-electron chi connectivity index (χ3n) is 2.37. The van der Waals surface area contributed by atoms with Crippen LogP contribution in [0.3, 0.4) is 0 Å². The molecule has 16 heavy (non-hydrogen) atoms. The molecule has 5 heteroatoms. The first-order valence-corrected chi connectivity index (χ1v) is 5.23. The molecule has 0 amide bonds. The van der Waals surface area contributed by atoms with Gasteiger partial charge in [-0.05, 0) is 30.7 Å². The van der Waals surface area contributed by atoms with Crippen molar-refractivity contribution in [2.75, 3.05) is 12.2 Å². The Morgan fingerprint density at radius 3 is 3.00 bits per heavy atom. The lowest BCUT2D eigenvalue weighted by atomic mass is 10.1. The number of hydrogen-bond acceptors (Lipinski definition) is 4. The zero-order valence-corrected chi connectivity index (χ0v) is 9.58. The van der Waals surface area contributed by atoms with Crippen molar-refractivity contribution in [2.24, 2.45) is 5.73 Å². The van der Waals surface area contributed by atoms with Crippen LogP contribution in [0, 0.1) is 6.92 Å². The monoisotopic (exact) mass is 237 g/mol. The van der Waals surface area contributed by atoms with Crippen LogP contribution < -0.4 is 11.2 Å². The third-order valence-corrected chi connectivity index (χ3v) is 2.77. The van der Waals surface area contributed by atoms with Gasteiger partial charge in [0.05, 0.1) is 11.2 Å². The lowest BCUT2D eigenvalue weighted by Crippen LogP contribution is -2.10. The first kappa shape index (κ1) is 11.1. The van der Waals surface area contributed by atoms with Crippen molar-refractivity contribution in [3.8, 4) is 0 Å². The van der Waals surface area contributed by atoms with Crippen molar-refractivity contribution in [1.82, 2.24) is 4.98 Å². The number of nitrogens with one attached hydrogen (secondary N) is 1. The molecule has 84 valence electrons. The van der Waals surface area contributed by atoms with Gasteiger partial charge in [0.1, 0.15) is 6.73 Å². The van der Waals surface area contributed by atoms with Gasteiger partial charge < -0.3 is 5.73 Å². The number of benzene rings is 1. The minimum absolute atomic E-state index is 0.108. The highest BCUT2D eigenvalue weighted by Gasteiger charge is 2.06. The molecule has 0 saturated carbocycles. The normalized spacial score (nSPS) is 10.7. The summed E-state index contributed by atoms with van der Waals surface area (Å²) < 4.78 is 0. The molecule has 0 bridgehead atoms. The highest BCUT2D eigenvalue weighted by molar-refractivity contribution is 6.32. The highest BCUT2D eigenvalue weighted by atomic mass is 35.5. The predicted octanol–water partition coefficient (Wildman–Crippen LogP) is 2.46. The molecule has 1 heterocycles. The molecule has 0 aliphatic rings. The Morgan fingerprint density at radius 2 is 2.25 bits per heavy atom. The van der Waals surface area contributed by atoms with Gasteiger partial charge in [-0.1, -0.05) is 11.6 Å². The first-order valence-electron chi connectivity index (χ1n) is 4.85. The maximum absolute atomic E-state index is 6.03. The Bertz CT molecular complexity index is 516. The van der Waals surface area contributed by atoms with Crippen molar-refractivity contribution in [2.45, 2.75) is 6.92 Å². The molecule has 0 fully saturated rings. The summed E-state index contributed by atoms with van der Waals surface area (Å²) in [6.45, 7) is 2.04. The molecule has 0 aliphatic heterocycles. The fourth-order valence-electron chi connectivity index (χ4n) is 1.54. The van der Waals surface area contributed by atoms with E-state index in [1.165, 1.54) is 0 Å². The number of halogens is 1. The van der Waals surface area contributed by atoms with Gasteiger partial charge in [-0.3, -0.25) is 15.3 Å². The lowest BCUT2D eigenvalue weighted by molar-refractivity contribution is 0.203. The topological polar surface area (TPSA) is 60.2 Å². The summed E-state index contributed by atoms with van der Waals surface area (Å²) in [6, 6.07) is 5.57. The summed E-state index contributed by atoms with van der Waals surface area (Å²) in [5.74, 6) is 0. The van der Waals surface area contributed by atoms with Crippen LogP contribution in [0.25, 0.3) is 10.9 Å². The maximum atomic E-state index is 6.03. The molecular weight excluding hydrogens is 226 g/mol. The van der Waals surface area contributed by atoms with E-state index < -0.39 is 0 Å². The SMILES string of the molecule is Cc1c(Cl)ccc2c(NOCN)ccnc12. The Hall–Kier alpha value is -1.36. The molecule has 1 aromatic heterocycles. The molecule has 2 rings (SSSR count). The number of nitrogens with zero attached hydrogens (tertiary/aromatic N) is 1. The van der Waals surface area contributed by atoms with Crippen LogP contribution in [0.5, 0.6) is 0 Å². The van der Waals surface area contributed by atoms with E-state index in [2.05, 4.69) is 10.5 Å². The quantitative estimate of drug-likeness (QED) is 0.636. The Labute approximate surface area is 98.3 Å². The molecule has 0 aliphatic carbocycles. The van der Waals surface area contributed by atoms with E-state index in [0.29, 0.717) is 5.02 Å². The average molecular weight is 238 g/mol.